The number of pyridine rings is 1. The summed E-state index contributed by atoms with van der Waals surface area (Å²) in [7, 11) is -0.0643. The third kappa shape index (κ3) is 5.63. The number of nitrogens with zero attached hydrogens (tertiary/aromatic N) is 2. The van der Waals surface area contributed by atoms with Crippen molar-refractivity contribution in [1.29, 1.82) is 0 Å². The molecule has 0 aliphatic carbocycles. The van der Waals surface area contributed by atoms with E-state index < -0.39 is 16.4 Å². The summed E-state index contributed by atoms with van der Waals surface area (Å²) < 4.78 is 54.5. The minimum atomic E-state index is -3.83. The summed E-state index contributed by atoms with van der Waals surface area (Å²) in [4.78, 5) is 11.6. The molecule has 0 fully saturated rings. The summed E-state index contributed by atoms with van der Waals surface area (Å²) >= 11 is 4.81. The van der Waals surface area contributed by atoms with Gasteiger partial charge in [0.05, 0.1) is 46.6 Å². The number of alkyl halides is 3. The molecule has 0 bridgehead atoms. The second-order valence-electron chi connectivity index (χ2n) is 7.26. The topological polar surface area (TPSA) is 86.3 Å². The molecular formula is C23H20ClF2N3O4S. The first-order chi connectivity index (χ1) is 16.2. The van der Waals surface area contributed by atoms with E-state index in [9.17, 15) is 13.0 Å². The van der Waals surface area contributed by atoms with Crippen LogP contribution in [0.25, 0.3) is 11.0 Å². The van der Waals surface area contributed by atoms with Gasteiger partial charge in [0, 0.05) is 23.2 Å². The summed E-state index contributed by atoms with van der Waals surface area (Å²) in [6, 6.07) is 13.8. The average Bonchev–Trinajstić information content (AvgIpc) is 3.22. The number of fused-ring (bicyclic) bond motifs is 1. The van der Waals surface area contributed by atoms with Crippen molar-refractivity contribution in [3.05, 3.63) is 71.5 Å². The van der Waals surface area contributed by atoms with Crippen molar-refractivity contribution in [2.45, 2.75) is 30.0 Å². The van der Waals surface area contributed by atoms with Crippen molar-refractivity contribution in [2.75, 3.05) is 7.11 Å². The molecule has 0 spiro atoms. The molecule has 0 saturated heterocycles. The van der Waals surface area contributed by atoms with Crippen LogP contribution in [-0.4, -0.2) is 31.8 Å². The zero-order valence-corrected chi connectivity index (χ0v) is 19.8. The van der Waals surface area contributed by atoms with E-state index >= 15 is 0 Å². The van der Waals surface area contributed by atoms with E-state index in [1.165, 1.54) is 31.5 Å². The maximum Gasteiger partial charge on any atom is 0.487 e. The van der Waals surface area contributed by atoms with E-state index in [1.807, 2.05) is 37.3 Å². The predicted octanol–water partition coefficient (Wildman–Crippen LogP) is 5.33. The van der Waals surface area contributed by atoms with Gasteiger partial charge in [0.15, 0.2) is 16.7 Å². The van der Waals surface area contributed by atoms with Crippen LogP contribution in [0, 0.1) is 6.92 Å². The van der Waals surface area contributed by atoms with Gasteiger partial charge in [0.25, 0.3) is 0 Å². The normalized spacial score (nSPS) is 12.5. The lowest BCUT2D eigenvalue weighted by atomic mass is 10.2. The van der Waals surface area contributed by atoms with Crippen molar-refractivity contribution in [2.24, 2.45) is 0 Å². The van der Waals surface area contributed by atoms with E-state index in [-0.39, 0.29) is 16.7 Å². The number of ether oxygens (including phenoxy) is 3. The highest BCUT2D eigenvalue weighted by molar-refractivity contribution is 7.84. The minimum Gasteiger partial charge on any atom is -0.492 e. The Hall–Kier alpha value is -3.24. The number of hydrogen-bond donors (Lipinski definition) is 1. The van der Waals surface area contributed by atoms with Crippen LogP contribution in [0.2, 0.25) is 0 Å². The quantitative estimate of drug-likeness (QED) is 0.308. The van der Waals surface area contributed by atoms with Crippen LogP contribution in [-0.2, 0) is 23.2 Å². The van der Waals surface area contributed by atoms with Crippen LogP contribution < -0.4 is 14.2 Å². The first-order valence-corrected chi connectivity index (χ1v) is 11.8. The van der Waals surface area contributed by atoms with Crippen LogP contribution >= 0.6 is 11.6 Å². The second-order valence-corrected chi connectivity index (χ2v) is 9.07. The SMILES string of the molecule is COc1c(OCc2ccccc2)cnc(CS(=O)c2nc3ccc(OC(F)(F)Cl)cc3[nH]2)c1C. The van der Waals surface area contributed by atoms with Crippen molar-refractivity contribution in [3.8, 4) is 17.2 Å². The second kappa shape index (κ2) is 9.94. The highest BCUT2D eigenvalue weighted by Gasteiger charge is 2.28. The third-order valence-electron chi connectivity index (χ3n) is 4.92. The molecule has 1 N–H and O–H groups in total. The number of halogens is 3. The number of aromatic nitrogens is 3. The molecule has 2 aromatic heterocycles. The molecule has 0 radical (unpaired) electrons. The van der Waals surface area contributed by atoms with Crippen molar-refractivity contribution < 1.29 is 27.2 Å². The van der Waals surface area contributed by atoms with Crippen LogP contribution in [0.5, 0.6) is 17.2 Å². The maximum atomic E-state index is 13.0. The van der Waals surface area contributed by atoms with E-state index in [1.54, 1.807) is 0 Å². The van der Waals surface area contributed by atoms with E-state index in [0.717, 1.165) is 5.56 Å². The molecule has 1 atom stereocenters. The fourth-order valence-corrected chi connectivity index (χ4v) is 4.50. The number of hydrogen-bond acceptors (Lipinski definition) is 6. The smallest absolute Gasteiger partial charge is 0.487 e. The van der Waals surface area contributed by atoms with Crippen LogP contribution in [0.15, 0.2) is 59.9 Å². The molecule has 34 heavy (non-hydrogen) atoms. The van der Waals surface area contributed by atoms with Crippen molar-refractivity contribution in [3.63, 3.8) is 0 Å². The van der Waals surface area contributed by atoms with Gasteiger partial charge in [0.1, 0.15) is 12.4 Å². The molecule has 0 aliphatic rings. The zero-order chi connectivity index (χ0) is 24.3. The Morgan fingerprint density at radius 1 is 1.18 bits per heavy atom. The largest absolute Gasteiger partial charge is 0.492 e. The van der Waals surface area contributed by atoms with Gasteiger partial charge in [-0.3, -0.25) is 9.19 Å². The lowest BCUT2D eigenvalue weighted by molar-refractivity contribution is -0.0964. The Labute approximate surface area is 201 Å². The molecule has 0 aliphatic heterocycles. The van der Waals surface area contributed by atoms with E-state index in [2.05, 4.69) is 19.7 Å². The molecule has 7 nitrogen and oxygen atoms in total. The first kappa shape index (κ1) is 23.9. The van der Waals surface area contributed by atoms with Gasteiger partial charge in [-0.2, -0.15) is 0 Å². The molecule has 2 aromatic carbocycles. The number of methoxy groups -OCH3 is 1. The van der Waals surface area contributed by atoms with E-state index in [0.29, 0.717) is 40.4 Å². The zero-order valence-electron chi connectivity index (χ0n) is 18.2. The lowest BCUT2D eigenvalue weighted by Gasteiger charge is -2.15. The molecular weight excluding hydrogens is 488 g/mol. The lowest BCUT2D eigenvalue weighted by Crippen LogP contribution is -2.15. The van der Waals surface area contributed by atoms with Crippen molar-refractivity contribution in [1.82, 2.24) is 15.0 Å². The maximum absolute atomic E-state index is 13.0. The van der Waals surface area contributed by atoms with Crippen LogP contribution in [0.1, 0.15) is 16.8 Å². The summed E-state index contributed by atoms with van der Waals surface area (Å²) in [5.41, 5.74) is -0.765. The standard InChI is InChI=1S/C23H20ClF2N3O4S/c1-14-19(27-11-20(21(14)31-2)32-12-15-6-4-3-5-7-15)13-34(30)22-28-17-9-8-16(10-18(17)29-22)33-23(24,25)26/h3-11H,12-13H2,1-2H3,(H,28,29). The monoisotopic (exact) mass is 507 g/mol. The Morgan fingerprint density at radius 2 is 1.94 bits per heavy atom. The predicted molar refractivity (Wildman–Crippen MR) is 124 cm³/mol. The number of nitrogens with one attached hydrogen (secondary N) is 1. The molecule has 0 saturated carbocycles. The van der Waals surface area contributed by atoms with Gasteiger partial charge in [-0.1, -0.05) is 30.3 Å². The van der Waals surface area contributed by atoms with Gasteiger partial charge < -0.3 is 19.2 Å². The molecule has 178 valence electrons. The van der Waals surface area contributed by atoms with Gasteiger partial charge in [-0.15, -0.1) is 8.78 Å². The summed E-state index contributed by atoms with van der Waals surface area (Å²) in [5.74, 6) is 0.892. The van der Waals surface area contributed by atoms with Gasteiger partial charge in [-0.25, -0.2) is 4.98 Å². The average molecular weight is 508 g/mol. The van der Waals surface area contributed by atoms with Gasteiger partial charge in [0.2, 0.25) is 0 Å². The number of imidazole rings is 1. The number of H-pyrrole nitrogens is 1. The summed E-state index contributed by atoms with van der Waals surface area (Å²) in [6.07, 6.45) is 1.54. The molecule has 4 aromatic rings. The molecule has 11 heteroatoms. The Morgan fingerprint density at radius 3 is 2.65 bits per heavy atom. The van der Waals surface area contributed by atoms with Gasteiger partial charge >= 0.3 is 5.57 Å². The van der Waals surface area contributed by atoms with E-state index in [4.69, 9.17) is 21.1 Å². The minimum absolute atomic E-state index is 0.0596. The van der Waals surface area contributed by atoms with Crippen molar-refractivity contribution >= 4 is 33.4 Å². The molecule has 2 heterocycles. The number of benzene rings is 2. The first-order valence-electron chi connectivity index (χ1n) is 10.1. The highest BCUT2D eigenvalue weighted by Crippen LogP contribution is 2.33. The fraction of sp³-hybridized carbons (Fsp3) is 0.217. The van der Waals surface area contributed by atoms with Crippen LogP contribution in [0.3, 0.4) is 0 Å². The fourth-order valence-electron chi connectivity index (χ4n) is 3.31. The molecule has 4 rings (SSSR count). The Bertz CT molecular complexity index is 1330. The highest BCUT2D eigenvalue weighted by atomic mass is 35.5. The molecule has 0 amide bonds. The Balaban J connectivity index is 1.51. The Kier molecular flexibility index (Phi) is 6.99. The summed E-state index contributed by atoms with van der Waals surface area (Å²) in [6.45, 7) is 2.16. The number of aromatic amines is 1. The molecule has 1 unspecified atom stereocenters. The third-order valence-corrected chi connectivity index (χ3v) is 6.16. The number of rotatable bonds is 9. The summed E-state index contributed by atoms with van der Waals surface area (Å²) in [5, 5.41) is 0.175. The van der Waals surface area contributed by atoms with Crippen LogP contribution in [0.4, 0.5) is 8.78 Å². The van der Waals surface area contributed by atoms with Gasteiger partial charge in [-0.05, 0) is 24.6 Å².